The third-order valence-corrected chi connectivity index (χ3v) is 2.91. The van der Waals surface area contributed by atoms with E-state index in [9.17, 15) is 4.39 Å². The lowest BCUT2D eigenvalue weighted by atomic mass is 10.3. The molecule has 0 aliphatic heterocycles. The Kier molecular flexibility index (Phi) is 11.5. The summed E-state index contributed by atoms with van der Waals surface area (Å²) in [5, 5.41) is 3.28. The van der Waals surface area contributed by atoms with E-state index < -0.39 is 0 Å². The van der Waals surface area contributed by atoms with Gasteiger partial charge in [0.15, 0.2) is 5.96 Å². The fourth-order valence-corrected chi connectivity index (χ4v) is 1.76. The van der Waals surface area contributed by atoms with Crippen LogP contribution in [0.4, 0.5) is 4.39 Å². The molecule has 6 heteroatoms. The van der Waals surface area contributed by atoms with Gasteiger partial charge in [-0.15, -0.1) is 24.0 Å². The van der Waals surface area contributed by atoms with Crippen molar-refractivity contribution in [3.05, 3.63) is 42.2 Å². The van der Waals surface area contributed by atoms with E-state index >= 15 is 0 Å². The highest BCUT2D eigenvalue weighted by Crippen LogP contribution is 2.10. The summed E-state index contributed by atoms with van der Waals surface area (Å²) in [6.07, 6.45) is 5.11. The van der Waals surface area contributed by atoms with Crippen molar-refractivity contribution in [3.63, 3.8) is 0 Å². The van der Waals surface area contributed by atoms with Crippen LogP contribution in [0, 0.1) is 5.82 Å². The number of nitrogens with zero attached hydrogens (tertiary/aromatic N) is 2. The number of benzene rings is 1. The van der Waals surface area contributed by atoms with Crippen LogP contribution in [0.15, 0.2) is 41.4 Å². The van der Waals surface area contributed by atoms with E-state index in [2.05, 4.69) is 16.4 Å². The number of aliphatic imine (C=N–C) groups is 1. The Bertz CT molecular complexity index is 463. The molecule has 0 amide bonds. The van der Waals surface area contributed by atoms with Crippen molar-refractivity contribution >= 4 is 29.9 Å². The molecule has 0 saturated heterocycles. The van der Waals surface area contributed by atoms with E-state index in [1.807, 2.05) is 24.9 Å². The number of hydrogen-bond acceptors (Lipinski definition) is 2. The normalized spacial score (nSPS) is 11.2. The molecule has 1 aromatic rings. The molecule has 0 heterocycles. The maximum atomic E-state index is 12.8. The first kappa shape index (κ1) is 20.7. The van der Waals surface area contributed by atoms with Gasteiger partial charge in [-0.3, -0.25) is 4.99 Å². The molecule has 0 aliphatic rings. The van der Waals surface area contributed by atoms with Crippen molar-refractivity contribution in [2.24, 2.45) is 4.99 Å². The molecule has 0 unspecified atom stereocenters. The van der Waals surface area contributed by atoms with Crippen LogP contribution in [0.1, 0.15) is 13.3 Å². The van der Waals surface area contributed by atoms with Crippen molar-refractivity contribution in [2.45, 2.75) is 13.3 Å². The van der Waals surface area contributed by atoms with Crippen molar-refractivity contribution in [3.8, 4) is 5.75 Å². The van der Waals surface area contributed by atoms with Gasteiger partial charge in [-0.2, -0.15) is 0 Å². The number of allylic oxidation sites excluding steroid dienone is 1. The lowest BCUT2D eigenvalue weighted by Crippen LogP contribution is -2.41. The van der Waals surface area contributed by atoms with Gasteiger partial charge in [0.05, 0.1) is 6.54 Å². The van der Waals surface area contributed by atoms with Gasteiger partial charge in [-0.05, 0) is 37.6 Å². The molecule has 0 radical (unpaired) electrons. The molecular formula is C16H25FIN3O. The second-order valence-electron chi connectivity index (χ2n) is 4.56. The van der Waals surface area contributed by atoms with Crippen molar-refractivity contribution in [2.75, 3.05) is 33.8 Å². The van der Waals surface area contributed by atoms with Crippen LogP contribution in [-0.2, 0) is 0 Å². The number of likely N-dealkylation sites (N-methyl/N-ethyl adjacent to an activating group) is 1. The Hall–Kier alpha value is -1.31. The molecule has 0 fully saturated rings. The number of rotatable bonds is 7. The minimum absolute atomic E-state index is 0. The van der Waals surface area contributed by atoms with Gasteiger partial charge in [0.25, 0.3) is 0 Å². The third-order valence-electron chi connectivity index (χ3n) is 2.91. The summed E-state index contributed by atoms with van der Waals surface area (Å²) >= 11 is 0. The summed E-state index contributed by atoms with van der Waals surface area (Å²) in [5.74, 6) is 1.24. The Morgan fingerprint density at radius 3 is 2.64 bits per heavy atom. The minimum atomic E-state index is -0.259. The van der Waals surface area contributed by atoms with Crippen LogP contribution in [0.25, 0.3) is 0 Å². The predicted molar refractivity (Wildman–Crippen MR) is 101 cm³/mol. The highest BCUT2D eigenvalue weighted by molar-refractivity contribution is 14.0. The van der Waals surface area contributed by atoms with Gasteiger partial charge < -0.3 is 15.0 Å². The van der Waals surface area contributed by atoms with E-state index in [4.69, 9.17) is 4.74 Å². The smallest absolute Gasteiger partial charge is 0.193 e. The van der Waals surface area contributed by atoms with Gasteiger partial charge in [0, 0.05) is 20.6 Å². The third kappa shape index (κ3) is 8.21. The summed E-state index contributed by atoms with van der Waals surface area (Å²) in [5.41, 5.74) is 0. The van der Waals surface area contributed by atoms with Crippen LogP contribution in [0.2, 0.25) is 0 Å². The average molecular weight is 421 g/mol. The molecule has 1 aromatic carbocycles. The number of halogens is 2. The fourth-order valence-electron chi connectivity index (χ4n) is 1.76. The molecule has 1 rings (SSSR count). The highest BCUT2D eigenvalue weighted by Gasteiger charge is 2.04. The zero-order valence-corrected chi connectivity index (χ0v) is 15.7. The summed E-state index contributed by atoms with van der Waals surface area (Å²) in [6, 6.07) is 6.03. The maximum Gasteiger partial charge on any atom is 0.193 e. The lowest BCUT2D eigenvalue weighted by molar-refractivity contribution is 0.281. The first-order valence-electron chi connectivity index (χ1n) is 7.08. The Balaban J connectivity index is 0.00000441. The van der Waals surface area contributed by atoms with E-state index in [-0.39, 0.29) is 29.8 Å². The zero-order valence-electron chi connectivity index (χ0n) is 13.4. The number of ether oxygens (including phenoxy) is 1. The molecule has 0 aromatic heterocycles. The highest BCUT2D eigenvalue weighted by atomic mass is 127. The Morgan fingerprint density at radius 1 is 1.36 bits per heavy atom. The number of guanidine groups is 1. The second-order valence-corrected chi connectivity index (χ2v) is 4.56. The van der Waals surface area contributed by atoms with E-state index in [1.54, 1.807) is 19.2 Å². The molecule has 0 bridgehead atoms. The fraction of sp³-hybridized carbons (Fsp3) is 0.438. The number of hydrogen-bond donors (Lipinski definition) is 1. The van der Waals surface area contributed by atoms with Crippen LogP contribution < -0.4 is 10.1 Å². The van der Waals surface area contributed by atoms with E-state index in [0.29, 0.717) is 18.9 Å². The van der Waals surface area contributed by atoms with Gasteiger partial charge >= 0.3 is 0 Å². The van der Waals surface area contributed by atoms with Crippen molar-refractivity contribution < 1.29 is 9.13 Å². The van der Waals surface area contributed by atoms with Gasteiger partial charge in [-0.1, -0.05) is 12.2 Å². The summed E-state index contributed by atoms with van der Waals surface area (Å²) < 4.78 is 18.3. The average Bonchev–Trinajstić information content (AvgIpc) is 2.49. The molecule has 0 aliphatic carbocycles. The molecular weight excluding hydrogens is 396 g/mol. The molecule has 0 spiro atoms. The lowest BCUT2D eigenvalue weighted by Gasteiger charge is -2.22. The molecule has 0 atom stereocenters. The molecule has 124 valence electrons. The summed E-state index contributed by atoms with van der Waals surface area (Å²) in [4.78, 5) is 6.22. The minimum Gasteiger partial charge on any atom is -0.492 e. The second kappa shape index (κ2) is 12.3. The topological polar surface area (TPSA) is 36.9 Å². The Labute approximate surface area is 149 Å². The molecule has 22 heavy (non-hydrogen) atoms. The van der Waals surface area contributed by atoms with Gasteiger partial charge in [0.2, 0.25) is 0 Å². The SMILES string of the molecule is C/C=C/CCNC(=NC)N(C)CCOc1ccc(F)cc1.I. The van der Waals surface area contributed by atoms with Crippen LogP contribution >= 0.6 is 24.0 Å². The monoisotopic (exact) mass is 421 g/mol. The number of nitrogens with one attached hydrogen (secondary N) is 1. The zero-order chi connectivity index (χ0) is 15.5. The van der Waals surface area contributed by atoms with E-state index in [1.165, 1.54) is 12.1 Å². The summed E-state index contributed by atoms with van der Waals surface area (Å²) in [7, 11) is 3.72. The molecule has 4 nitrogen and oxygen atoms in total. The van der Waals surface area contributed by atoms with Crippen LogP contribution in [0.3, 0.4) is 0 Å². The largest absolute Gasteiger partial charge is 0.492 e. The van der Waals surface area contributed by atoms with E-state index in [0.717, 1.165) is 18.9 Å². The first-order chi connectivity index (χ1) is 10.2. The van der Waals surface area contributed by atoms with Crippen LogP contribution in [-0.4, -0.2) is 44.7 Å². The van der Waals surface area contributed by atoms with Gasteiger partial charge in [-0.25, -0.2) is 4.39 Å². The van der Waals surface area contributed by atoms with Crippen molar-refractivity contribution in [1.29, 1.82) is 0 Å². The molecule has 1 N–H and O–H groups in total. The quantitative estimate of drug-likeness (QED) is 0.241. The standard InChI is InChI=1S/C16H24FN3O.HI/c1-4-5-6-11-19-16(18-2)20(3)12-13-21-15-9-7-14(17)8-10-15;/h4-5,7-10H,6,11-13H2,1-3H3,(H,18,19);1H/b5-4+;. The predicted octanol–water partition coefficient (Wildman–Crippen LogP) is 3.30. The molecule has 0 saturated carbocycles. The van der Waals surface area contributed by atoms with Gasteiger partial charge in [0.1, 0.15) is 18.2 Å². The first-order valence-corrected chi connectivity index (χ1v) is 7.08. The Morgan fingerprint density at radius 2 is 2.05 bits per heavy atom. The van der Waals surface area contributed by atoms with Crippen molar-refractivity contribution in [1.82, 2.24) is 10.2 Å². The van der Waals surface area contributed by atoms with Crippen LogP contribution in [0.5, 0.6) is 5.75 Å². The maximum absolute atomic E-state index is 12.8. The summed E-state index contributed by atoms with van der Waals surface area (Å²) in [6.45, 7) is 4.06.